The minimum absolute atomic E-state index is 0.0491. The highest BCUT2D eigenvalue weighted by molar-refractivity contribution is 7.47. The maximum atomic E-state index is 13.0. The van der Waals surface area contributed by atoms with E-state index in [0.717, 1.165) is 83.5 Å². The van der Waals surface area contributed by atoms with Gasteiger partial charge in [0.15, 0.2) is 0 Å². The van der Waals surface area contributed by atoms with Crippen LogP contribution < -0.4 is 5.32 Å². The van der Waals surface area contributed by atoms with Crippen molar-refractivity contribution in [2.75, 3.05) is 40.9 Å². The molecule has 0 aliphatic rings. The molecule has 3 N–H and O–H groups in total. The number of hydrogen-bond acceptors (Lipinski definition) is 5. The number of hydrogen-bond donors (Lipinski definition) is 3. The highest BCUT2D eigenvalue weighted by Gasteiger charge is 2.27. The molecule has 0 saturated heterocycles. The van der Waals surface area contributed by atoms with Gasteiger partial charge < -0.3 is 19.8 Å². The molecule has 0 aliphatic heterocycles. The number of carbonyl (C=O) groups is 1. The van der Waals surface area contributed by atoms with Gasteiger partial charge in [-0.15, -0.1) is 0 Å². The lowest BCUT2D eigenvalue weighted by molar-refractivity contribution is -0.870. The van der Waals surface area contributed by atoms with Crippen LogP contribution in [-0.4, -0.2) is 73.4 Å². The third-order valence-electron chi connectivity index (χ3n) is 12.2. The Morgan fingerprint density at radius 1 is 0.493 bits per heavy atom. The van der Waals surface area contributed by atoms with Crippen LogP contribution in [0.3, 0.4) is 0 Å². The van der Waals surface area contributed by atoms with Crippen LogP contribution in [0.4, 0.5) is 0 Å². The maximum Gasteiger partial charge on any atom is 0.472 e. The highest BCUT2D eigenvalue weighted by Crippen LogP contribution is 2.43. The lowest BCUT2D eigenvalue weighted by atomic mass is 10.0. The van der Waals surface area contributed by atoms with Gasteiger partial charge in [0.25, 0.3) is 0 Å². The van der Waals surface area contributed by atoms with Crippen molar-refractivity contribution in [3.63, 3.8) is 0 Å². The van der Waals surface area contributed by atoms with Gasteiger partial charge in [-0.3, -0.25) is 13.8 Å². The summed E-state index contributed by atoms with van der Waals surface area (Å²) in [4.78, 5) is 23.3. The van der Waals surface area contributed by atoms with Gasteiger partial charge in [0.05, 0.1) is 39.9 Å². The number of aliphatic hydroxyl groups excluding tert-OH is 1. The number of carbonyl (C=O) groups excluding carboxylic acids is 1. The van der Waals surface area contributed by atoms with Crippen molar-refractivity contribution in [3.05, 3.63) is 109 Å². The molecule has 0 aromatic carbocycles. The maximum absolute atomic E-state index is 13.0. The lowest BCUT2D eigenvalue weighted by Gasteiger charge is -2.25. The Bertz CT molecular complexity index is 1520. The Hall–Kier alpha value is -2.84. The van der Waals surface area contributed by atoms with E-state index in [0.29, 0.717) is 17.4 Å². The number of allylic oxidation sites excluding steroid dienone is 17. The SMILES string of the molecule is CC/C=C\C/C=C\C/C=C\C/C=C\C/C=C\C/C=C\CCCCCCCCCCCCCCCCC(=O)NC(COP(=O)(O)OCC[N+](C)(C)C)C(O)/C=C/CC/C=C/CC/C=C/CCCCCCCC. The number of nitrogens with one attached hydrogen (secondary N) is 1. The number of phosphoric ester groups is 1. The summed E-state index contributed by atoms with van der Waals surface area (Å²) < 4.78 is 23.7. The zero-order valence-electron chi connectivity index (χ0n) is 46.4. The molecule has 3 unspecified atom stereocenters. The summed E-state index contributed by atoms with van der Waals surface area (Å²) in [5, 5.41) is 13.9. The van der Waals surface area contributed by atoms with E-state index in [-0.39, 0.29) is 19.1 Å². The van der Waals surface area contributed by atoms with Crippen LogP contribution >= 0.6 is 7.82 Å². The van der Waals surface area contributed by atoms with Gasteiger partial charge in [-0.1, -0.05) is 232 Å². The van der Waals surface area contributed by atoms with E-state index >= 15 is 0 Å². The van der Waals surface area contributed by atoms with E-state index in [4.69, 9.17) is 9.05 Å². The van der Waals surface area contributed by atoms with E-state index in [9.17, 15) is 19.4 Å². The molecule has 0 aromatic heterocycles. The Morgan fingerprint density at radius 2 is 0.859 bits per heavy atom. The van der Waals surface area contributed by atoms with E-state index in [2.05, 4.69) is 116 Å². The molecule has 0 aromatic rings. The molecule has 71 heavy (non-hydrogen) atoms. The topological polar surface area (TPSA) is 105 Å². The summed E-state index contributed by atoms with van der Waals surface area (Å²) in [5.41, 5.74) is 0. The summed E-state index contributed by atoms with van der Waals surface area (Å²) in [7, 11) is 1.53. The quantitative estimate of drug-likeness (QED) is 0.0243. The van der Waals surface area contributed by atoms with Gasteiger partial charge in [-0.2, -0.15) is 0 Å². The molecule has 0 spiro atoms. The minimum Gasteiger partial charge on any atom is -0.387 e. The number of amides is 1. The van der Waals surface area contributed by atoms with Crippen LogP contribution in [0.15, 0.2) is 109 Å². The van der Waals surface area contributed by atoms with Gasteiger partial charge in [0, 0.05) is 6.42 Å². The number of phosphoric acid groups is 1. The molecule has 0 radical (unpaired) electrons. The van der Waals surface area contributed by atoms with Crippen molar-refractivity contribution in [2.45, 2.75) is 238 Å². The molecule has 0 bridgehead atoms. The molecule has 0 saturated carbocycles. The highest BCUT2D eigenvalue weighted by atomic mass is 31.2. The van der Waals surface area contributed by atoms with Gasteiger partial charge >= 0.3 is 7.82 Å². The van der Waals surface area contributed by atoms with Crippen LogP contribution in [0, 0.1) is 0 Å². The Labute approximate surface area is 438 Å². The van der Waals surface area contributed by atoms with Crippen molar-refractivity contribution in [2.24, 2.45) is 0 Å². The predicted octanol–water partition coefficient (Wildman–Crippen LogP) is 17.6. The molecular weight excluding hydrogens is 900 g/mol. The monoisotopic (exact) mass is 1010 g/mol. The van der Waals surface area contributed by atoms with Crippen LogP contribution in [0.5, 0.6) is 0 Å². The summed E-state index contributed by atoms with van der Waals surface area (Å²) in [5.74, 6) is -0.196. The van der Waals surface area contributed by atoms with Gasteiger partial charge in [0.1, 0.15) is 13.2 Å². The minimum atomic E-state index is -4.36. The lowest BCUT2D eigenvalue weighted by Crippen LogP contribution is -2.45. The molecule has 408 valence electrons. The van der Waals surface area contributed by atoms with Crippen molar-refractivity contribution >= 4 is 13.7 Å². The molecule has 1 amide bonds. The first-order valence-corrected chi connectivity index (χ1v) is 30.3. The van der Waals surface area contributed by atoms with E-state index in [1.54, 1.807) is 6.08 Å². The van der Waals surface area contributed by atoms with Gasteiger partial charge in [-0.25, -0.2) is 4.57 Å². The number of likely N-dealkylation sites (N-methyl/N-ethyl adjacent to an activating group) is 1. The van der Waals surface area contributed by atoms with Crippen LogP contribution in [0.2, 0.25) is 0 Å². The summed E-state index contributed by atoms with van der Waals surface area (Å²) >= 11 is 0. The molecule has 8 nitrogen and oxygen atoms in total. The molecule has 0 aliphatic carbocycles. The number of aliphatic hydroxyl groups is 1. The fourth-order valence-electron chi connectivity index (χ4n) is 7.72. The predicted molar refractivity (Wildman–Crippen MR) is 309 cm³/mol. The fraction of sp³-hybridized carbons (Fsp3) is 0.694. The average Bonchev–Trinajstić information content (AvgIpc) is 3.33. The van der Waals surface area contributed by atoms with Crippen molar-refractivity contribution in [1.29, 1.82) is 0 Å². The van der Waals surface area contributed by atoms with E-state index in [1.165, 1.54) is 122 Å². The first-order valence-electron chi connectivity index (χ1n) is 28.8. The van der Waals surface area contributed by atoms with Crippen LogP contribution in [-0.2, 0) is 18.4 Å². The Morgan fingerprint density at radius 3 is 1.30 bits per heavy atom. The normalized spacial score (nSPS) is 14.7. The summed E-state index contributed by atoms with van der Waals surface area (Å²) in [6, 6.07) is -0.876. The largest absolute Gasteiger partial charge is 0.472 e. The summed E-state index contributed by atoms with van der Waals surface area (Å²) in [6.07, 6.45) is 76.2. The average molecular weight is 1010 g/mol. The molecule has 3 atom stereocenters. The van der Waals surface area contributed by atoms with Crippen LogP contribution in [0.25, 0.3) is 0 Å². The standard InChI is InChI=1S/C62H109N2O6P/c1-6-8-10-12-14-16-18-20-22-24-25-26-27-28-29-30-31-32-33-34-35-36-37-38-39-40-42-44-46-48-50-52-54-56-62(66)63-60(59-70-71(67,68)69-58-57-64(3,4)5)61(65)55-53-51-49-47-45-43-41-23-21-19-17-15-13-11-9-7-2/h8,10,14,16,20-23,25-26,28-29,31-32,45,47,53,55,60-61,65H,6-7,9,11-13,15,17-19,24,27,30,33-44,46,48-52,54,56-59H2,1-5H3,(H-,63,66,67,68)/p+1/b10-8-,16-14-,22-20-,23-21+,26-25-,29-28-,32-31-,47-45+,55-53+. The smallest absolute Gasteiger partial charge is 0.387 e. The second-order valence-electron chi connectivity index (χ2n) is 20.3. The number of quaternary nitrogens is 1. The summed E-state index contributed by atoms with van der Waals surface area (Å²) in [6.45, 7) is 4.65. The Kier molecular flexibility index (Phi) is 50.0. The van der Waals surface area contributed by atoms with Crippen molar-refractivity contribution in [1.82, 2.24) is 5.32 Å². The number of unbranched alkanes of at least 4 members (excludes halogenated alkanes) is 22. The number of rotatable bonds is 51. The van der Waals surface area contributed by atoms with Gasteiger partial charge in [0.2, 0.25) is 5.91 Å². The van der Waals surface area contributed by atoms with E-state index < -0.39 is 20.0 Å². The first-order chi connectivity index (χ1) is 34.5. The molecule has 0 fully saturated rings. The second kappa shape index (κ2) is 52.0. The molecule has 0 heterocycles. The fourth-order valence-corrected chi connectivity index (χ4v) is 8.46. The van der Waals surface area contributed by atoms with Crippen molar-refractivity contribution in [3.8, 4) is 0 Å². The zero-order chi connectivity index (χ0) is 52.0. The van der Waals surface area contributed by atoms with Gasteiger partial charge in [-0.05, 0) is 96.3 Å². The number of nitrogens with zero attached hydrogens (tertiary/aromatic N) is 1. The molecule has 0 rings (SSSR count). The van der Waals surface area contributed by atoms with Crippen molar-refractivity contribution < 1.29 is 32.9 Å². The third-order valence-corrected chi connectivity index (χ3v) is 13.2. The van der Waals surface area contributed by atoms with Crippen LogP contribution in [0.1, 0.15) is 226 Å². The van der Waals surface area contributed by atoms with E-state index in [1.807, 2.05) is 27.2 Å². The molecular formula is C62H110N2O6P+. The first kappa shape index (κ1) is 68.2. The second-order valence-corrected chi connectivity index (χ2v) is 21.7. The Balaban J connectivity index is 4.17. The molecule has 9 heteroatoms. The zero-order valence-corrected chi connectivity index (χ0v) is 47.3. The third kappa shape index (κ3) is 54.8.